The van der Waals surface area contributed by atoms with Crippen LogP contribution in [0, 0.1) is 5.41 Å². The van der Waals surface area contributed by atoms with E-state index in [4.69, 9.17) is 4.74 Å². The Hall–Kier alpha value is -2.15. The smallest absolute Gasteiger partial charge is 0.314 e. The Morgan fingerprint density at radius 1 is 1.32 bits per heavy atom. The van der Waals surface area contributed by atoms with Gasteiger partial charge in [0.15, 0.2) is 0 Å². The Bertz CT molecular complexity index is 590. The zero-order valence-corrected chi connectivity index (χ0v) is 14.7. The number of amides is 3. The summed E-state index contributed by atoms with van der Waals surface area (Å²) in [5.41, 5.74) is 0.684. The molecule has 2 aliphatic rings. The Morgan fingerprint density at radius 3 is 2.72 bits per heavy atom. The molecule has 0 unspecified atom stereocenters. The molecule has 1 aromatic heterocycles. The lowest BCUT2D eigenvalue weighted by atomic mass is 9.73. The maximum absolute atomic E-state index is 12.5. The molecule has 2 N–H and O–H groups in total. The Morgan fingerprint density at radius 2 is 2.12 bits per heavy atom. The van der Waals surface area contributed by atoms with Crippen molar-refractivity contribution in [2.45, 2.75) is 31.8 Å². The number of ether oxygens (including phenoxy) is 1. The first kappa shape index (κ1) is 17.7. The van der Waals surface area contributed by atoms with Crippen LogP contribution in [0.1, 0.15) is 36.2 Å². The second-order valence-electron chi connectivity index (χ2n) is 6.94. The SMILES string of the molecule is CNC(=O)NC[C@@H]1CCC2(CCN(C(=O)c3ccccn3)CC2)CO1. The monoisotopic (exact) mass is 346 g/mol. The summed E-state index contributed by atoms with van der Waals surface area (Å²) < 4.78 is 5.99. The second kappa shape index (κ2) is 7.82. The molecule has 3 rings (SSSR count). The van der Waals surface area contributed by atoms with Gasteiger partial charge in [0.2, 0.25) is 0 Å². The molecule has 0 aromatic carbocycles. The number of rotatable bonds is 3. The quantitative estimate of drug-likeness (QED) is 0.867. The highest BCUT2D eigenvalue weighted by Gasteiger charge is 2.40. The lowest BCUT2D eigenvalue weighted by molar-refractivity contribution is -0.0807. The average molecular weight is 346 g/mol. The lowest BCUT2D eigenvalue weighted by Gasteiger charge is -2.45. The van der Waals surface area contributed by atoms with Crippen molar-refractivity contribution in [3.05, 3.63) is 30.1 Å². The first-order valence-corrected chi connectivity index (χ1v) is 8.89. The van der Waals surface area contributed by atoms with Crippen LogP contribution in [0.4, 0.5) is 4.79 Å². The molecule has 1 aromatic rings. The zero-order valence-electron chi connectivity index (χ0n) is 14.7. The van der Waals surface area contributed by atoms with Gasteiger partial charge in [0.05, 0.1) is 12.7 Å². The summed E-state index contributed by atoms with van der Waals surface area (Å²) in [6.45, 7) is 2.75. The topological polar surface area (TPSA) is 83.6 Å². The number of nitrogens with one attached hydrogen (secondary N) is 2. The van der Waals surface area contributed by atoms with Crippen LogP contribution in [0.25, 0.3) is 0 Å². The average Bonchev–Trinajstić information content (AvgIpc) is 2.68. The minimum atomic E-state index is -0.176. The van der Waals surface area contributed by atoms with E-state index in [0.717, 1.165) is 38.8 Å². The summed E-state index contributed by atoms with van der Waals surface area (Å²) >= 11 is 0. The predicted octanol–water partition coefficient (Wildman–Crippen LogP) is 1.41. The molecule has 2 fully saturated rings. The molecule has 1 atom stereocenters. The van der Waals surface area contributed by atoms with E-state index < -0.39 is 0 Å². The number of nitrogens with zero attached hydrogens (tertiary/aromatic N) is 2. The number of piperidine rings is 1. The van der Waals surface area contributed by atoms with Gasteiger partial charge in [0.25, 0.3) is 5.91 Å². The highest BCUT2D eigenvalue weighted by Crippen LogP contribution is 2.40. The van der Waals surface area contributed by atoms with Crippen LogP contribution in [0.3, 0.4) is 0 Å². The zero-order chi connectivity index (χ0) is 17.7. The van der Waals surface area contributed by atoms with Gasteiger partial charge in [-0.1, -0.05) is 6.07 Å². The number of likely N-dealkylation sites (tertiary alicyclic amines) is 1. The third kappa shape index (κ3) is 4.28. The number of carbonyl (C=O) groups excluding carboxylic acids is 2. The molecular weight excluding hydrogens is 320 g/mol. The minimum absolute atomic E-state index is 0.0137. The Balaban J connectivity index is 1.46. The van der Waals surface area contributed by atoms with Crippen LogP contribution >= 0.6 is 0 Å². The van der Waals surface area contributed by atoms with Gasteiger partial charge in [0.1, 0.15) is 5.69 Å². The largest absolute Gasteiger partial charge is 0.376 e. The summed E-state index contributed by atoms with van der Waals surface area (Å²) in [6.07, 6.45) is 5.68. The standard InChI is InChI=1S/C18H26N4O3/c1-19-17(24)21-12-14-5-6-18(13-25-14)7-10-22(11-8-18)16(23)15-4-2-3-9-20-15/h2-4,9,14H,5-8,10-13H2,1H3,(H2,19,21,24)/t14-/m0/s1. The maximum Gasteiger partial charge on any atom is 0.314 e. The predicted molar refractivity (Wildman–Crippen MR) is 93.2 cm³/mol. The van der Waals surface area contributed by atoms with Gasteiger partial charge in [-0.2, -0.15) is 0 Å². The van der Waals surface area contributed by atoms with E-state index in [1.54, 1.807) is 19.3 Å². The van der Waals surface area contributed by atoms with E-state index in [0.29, 0.717) is 18.8 Å². The van der Waals surface area contributed by atoms with Crippen molar-refractivity contribution < 1.29 is 14.3 Å². The summed E-state index contributed by atoms with van der Waals surface area (Å²) in [7, 11) is 1.60. The molecule has 136 valence electrons. The van der Waals surface area contributed by atoms with E-state index in [2.05, 4.69) is 15.6 Å². The molecule has 1 spiro atoms. The molecule has 3 heterocycles. The van der Waals surface area contributed by atoms with Crippen LogP contribution in [-0.2, 0) is 4.74 Å². The van der Waals surface area contributed by atoms with Gasteiger partial charge >= 0.3 is 6.03 Å². The number of pyridine rings is 1. The molecule has 2 aliphatic heterocycles. The minimum Gasteiger partial charge on any atom is -0.376 e. The second-order valence-corrected chi connectivity index (χ2v) is 6.94. The van der Waals surface area contributed by atoms with E-state index in [1.807, 2.05) is 17.0 Å². The molecule has 0 aliphatic carbocycles. The van der Waals surface area contributed by atoms with Crippen molar-refractivity contribution in [1.29, 1.82) is 0 Å². The van der Waals surface area contributed by atoms with Crippen molar-refractivity contribution in [3.8, 4) is 0 Å². The van der Waals surface area contributed by atoms with Crippen molar-refractivity contribution in [1.82, 2.24) is 20.5 Å². The number of hydrogen-bond acceptors (Lipinski definition) is 4. The lowest BCUT2D eigenvalue weighted by Crippen LogP contribution is -2.49. The molecular formula is C18H26N4O3. The summed E-state index contributed by atoms with van der Waals surface area (Å²) in [5, 5.41) is 5.34. The molecule has 2 saturated heterocycles. The van der Waals surface area contributed by atoms with Gasteiger partial charge in [0, 0.05) is 32.9 Å². The third-order valence-electron chi connectivity index (χ3n) is 5.33. The number of aromatic nitrogens is 1. The maximum atomic E-state index is 12.5. The fraction of sp³-hybridized carbons (Fsp3) is 0.611. The van der Waals surface area contributed by atoms with Crippen LogP contribution in [0.15, 0.2) is 24.4 Å². The van der Waals surface area contributed by atoms with E-state index >= 15 is 0 Å². The number of carbonyl (C=O) groups is 2. The third-order valence-corrected chi connectivity index (χ3v) is 5.33. The highest BCUT2D eigenvalue weighted by molar-refractivity contribution is 5.92. The van der Waals surface area contributed by atoms with Crippen molar-refractivity contribution >= 4 is 11.9 Å². The molecule has 0 radical (unpaired) electrons. The van der Waals surface area contributed by atoms with Crippen molar-refractivity contribution in [2.24, 2.45) is 5.41 Å². The van der Waals surface area contributed by atoms with Crippen molar-refractivity contribution in [3.63, 3.8) is 0 Å². The molecule has 3 amide bonds. The van der Waals surface area contributed by atoms with Gasteiger partial charge in [-0.3, -0.25) is 9.78 Å². The van der Waals surface area contributed by atoms with Crippen LogP contribution in [0.2, 0.25) is 0 Å². The number of urea groups is 1. The molecule has 25 heavy (non-hydrogen) atoms. The summed E-state index contributed by atoms with van der Waals surface area (Å²) in [4.78, 5) is 29.8. The van der Waals surface area contributed by atoms with Crippen LogP contribution < -0.4 is 10.6 Å². The van der Waals surface area contributed by atoms with E-state index in [9.17, 15) is 9.59 Å². The summed E-state index contributed by atoms with van der Waals surface area (Å²) in [5.74, 6) is 0.0137. The Labute approximate surface area is 148 Å². The van der Waals surface area contributed by atoms with Crippen LogP contribution in [0.5, 0.6) is 0 Å². The number of hydrogen-bond donors (Lipinski definition) is 2. The van der Waals surface area contributed by atoms with E-state index in [1.165, 1.54) is 0 Å². The highest BCUT2D eigenvalue weighted by atomic mass is 16.5. The van der Waals surface area contributed by atoms with Gasteiger partial charge in [-0.25, -0.2) is 4.79 Å². The van der Waals surface area contributed by atoms with Crippen LogP contribution in [-0.4, -0.2) is 61.2 Å². The van der Waals surface area contributed by atoms with Crippen molar-refractivity contribution in [2.75, 3.05) is 33.3 Å². The normalized spacial score (nSPS) is 22.4. The first-order valence-electron chi connectivity index (χ1n) is 8.89. The van der Waals surface area contributed by atoms with Gasteiger partial charge in [-0.15, -0.1) is 0 Å². The van der Waals surface area contributed by atoms with Gasteiger partial charge in [-0.05, 0) is 43.2 Å². The molecule has 0 bridgehead atoms. The van der Waals surface area contributed by atoms with Gasteiger partial charge < -0.3 is 20.3 Å². The first-order chi connectivity index (χ1) is 12.1. The Kier molecular flexibility index (Phi) is 5.53. The fourth-order valence-corrected chi connectivity index (χ4v) is 3.60. The molecule has 7 nitrogen and oxygen atoms in total. The van der Waals surface area contributed by atoms with E-state index in [-0.39, 0.29) is 23.5 Å². The summed E-state index contributed by atoms with van der Waals surface area (Å²) in [6, 6.07) is 5.25. The molecule has 0 saturated carbocycles. The molecule has 7 heteroatoms. The fourth-order valence-electron chi connectivity index (χ4n) is 3.60.